The molecule has 2 aromatic heterocycles. The van der Waals surface area contributed by atoms with Crippen molar-refractivity contribution in [2.45, 2.75) is 46.2 Å². The molecule has 2 heterocycles. The second-order valence-corrected chi connectivity index (χ2v) is 4.59. The third-order valence-corrected chi connectivity index (χ3v) is 3.29. The van der Waals surface area contributed by atoms with E-state index in [1.54, 1.807) is 6.20 Å². The Kier molecular flexibility index (Phi) is 4.74. The lowest BCUT2D eigenvalue weighted by Gasteiger charge is -2.16. The van der Waals surface area contributed by atoms with Gasteiger partial charge in [0.15, 0.2) is 0 Å². The number of nitrogens with zero attached hydrogens (tertiary/aromatic N) is 3. The van der Waals surface area contributed by atoms with E-state index in [9.17, 15) is 0 Å². The largest absolute Gasteiger partial charge is 0.347 e. The summed E-state index contributed by atoms with van der Waals surface area (Å²) >= 11 is 0. The highest BCUT2D eigenvalue weighted by Crippen LogP contribution is 2.16. The lowest BCUT2D eigenvalue weighted by atomic mass is 10.1. The Labute approximate surface area is 114 Å². The maximum Gasteiger partial charge on any atom is 0.123 e. The molecular formula is C14H23N5. The monoisotopic (exact) mass is 261 g/mol. The molecule has 104 valence electrons. The first-order chi connectivity index (χ1) is 9.28. The summed E-state index contributed by atoms with van der Waals surface area (Å²) in [5.41, 5.74) is 2.42. The van der Waals surface area contributed by atoms with E-state index in [0.717, 1.165) is 37.4 Å². The highest BCUT2D eigenvalue weighted by atomic mass is 15.3. The van der Waals surface area contributed by atoms with Crippen molar-refractivity contribution < 1.29 is 0 Å². The maximum absolute atomic E-state index is 4.60. The molecule has 0 saturated heterocycles. The standard InChI is InChI=1S/C14H23N5/c1-4-11-9-12(19(6-3)18-11)10-13(15-5-2)14-16-7-8-17-14/h7-9,13,15H,4-6,10H2,1-3H3,(H,16,17). The smallest absolute Gasteiger partial charge is 0.123 e. The second-order valence-electron chi connectivity index (χ2n) is 4.59. The minimum Gasteiger partial charge on any atom is -0.347 e. The van der Waals surface area contributed by atoms with Gasteiger partial charge in [-0.15, -0.1) is 0 Å². The van der Waals surface area contributed by atoms with Crippen molar-refractivity contribution in [2.24, 2.45) is 0 Å². The average molecular weight is 261 g/mol. The van der Waals surface area contributed by atoms with Gasteiger partial charge >= 0.3 is 0 Å². The van der Waals surface area contributed by atoms with Crippen molar-refractivity contribution in [3.05, 3.63) is 35.7 Å². The van der Waals surface area contributed by atoms with Crippen LogP contribution >= 0.6 is 0 Å². The van der Waals surface area contributed by atoms with E-state index in [0.29, 0.717) is 0 Å². The molecule has 2 aromatic rings. The summed E-state index contributed by atoms with van der Waals surface area (Å²) in [5.74, 6) is 0.990. The number of imidazole rings is 1. The number of hydrogen-bond donors (Lipinski definition) is 2. The normalized spacial score (nSPS) is 12.8. The predicted octanol–water partition coefficient (Wildman–Crippen LogP) is 2.08. The zero-order valence-electron chi connectivity index (χ0n) is 12.0. The highest BCUT2D eigenvalue weighted by molar-refractivity contribution is 5.14. The highest BCUT2D eigenvalue weighted by Gasteiger charge is 2.16. The molecule has 0 saturated carbocycles. The first kappa shape index (κ1) is 13.8. The fourth-order valence-corrected chi connectivity index (χ4v) is 2.31. The van der Waals surface area contributed by atoms with Crippen LogP contribution in [0.2, 0.25) is 0 Å². The molecule has 5 nitrogen and oxygen atoms in total. The lowest BCUT2D eigenvalue weighted by molar-refractivity contribution is 0.498. The van der Waals surface area contributed by atoms with Gasteiger partial charge in [-0.2, -0.15) is 5.10 Å². The van der Waals surface area contributed by atoms with Crippen LogP contribution in [0.3, 0.4) is 0 Å². The molecule has 0 bridgehead atoms. The summed E-state index contributed by atoms with van der Waals surface area (Å²) in [6.07, 6.45) is 5.55. The van der Waals surface area contributed by atoms with Crippen LogP contribution in [0.15, 0.2) is 18.5 Å². The van der Waals surface area contributed by atoms with Crippen molar-refractivity contribution in [1.29, 1.82) is 0 Å². The van der Waals surface area contributed by atoms with Gasteiger partial charge in [-0.05, 0) is 26.0 Å². The number of H-pyrrole nitrogens is 1. The van der Waals surface area contributed by atoms with Gasteiger partial charge in [-0.25, -0.2) is 4.98 Å². The minimum absolute atomic E-state index is 0.215. The Balaban J connectivity index is 2.19. The molecule has 0 aliphatic rings. The van der Waals surface area contributed by atoms with Crippen LogP contribution in [0.5, 0.6) is 0 Å². The fraction of sp³-hybridized carbons (Fsp3) is 0.571. The summed E-state index contributed by atoms with van der Waals surface area (Å²) in [6, 6.07) is 2.42. The van der Waals surface area contributed by atoms with Crippen LogP contribution in [-0.2, 0) is 19.4 Å². The van der Waals surface area contributed by atoms with Gasteiger partial charge < -0.3 is 10.3 Å². The first-order valence-electron chi connectivity index (χ1n) is 7.06. The van der Waals surface area contributed by atoms with Crippen molar-refractivity contribution in [1.82, 2.24) is 25.1 Å². The average Bonchev–Trinajstić information content (AvgIpc) is 3.07. The maximum atomic E-state index is 4.60. The lowest BCUT2D eigenvalue weighted by Crippen LogP contribution is -2.25. The molecule has 1 unspecified atom stereocenters. The molecule has 0 spiro atoms. The van der Waals surface area contributed by atoms with Crippen molar-refractivity contribution >= 4 is 0 Å². The number of hydrogen-bond acceptors (Lipinski definition) is 3. The molecule has 19 heavy (non-hydrogen) atoms. The van der Waals surface area contributed by atoms with Gasteiger partial charge in [0.25, 0.3) is 0 Å². The third-order valence-electron chi connectivity index (χ3n) is 3.29. The fourth-order valence-electron chi connectivity index (χ4n) is 2.31. The third kappa shape index (κ3) is 3.23. The Morgan fingerprint density at radius 1 is 1.37 bits per heavy atom. The number of aromatic amines is 1. The quantitative estimate of drug-likeness (QED) is 0.802. The van der Waals surface area contributed by atoms with Crippen LogP contribution in [0.4, 0.5) is 0 Å². The molecule has 1 atom stereocenters. The van der Waals surface area contributed by atoms with Gasteiger partial charge in [-0.1, -0.05) is 13.8 Å². The van der Waals surface area contributed by atoms with Gasteiger partial charge in [-0.3, -0.25) is 4.68 Å². The molecule has 2 N–H and O–H groups in total. The molecule has 5 heteroatoms. The number of rotatable bonds is 7. The SMILES string of the molecule is CCNC(Cc1cc(CC)nn1CC)c1ncc[nH]1. The molecular weight excluding hydrogens is 238 g/mol. The Morgan fingerprint density at radius 2 is 2.21 bits per heavy atom. The molecule has 0 radical (unpaired) electrons. The van der Waals surface area contributed by atoms with E-state index < -0.39 is 0 Å². The second kappa shape index (κ2) is 6.52. The van der Waals surface area contributed by atoms with Crippen molar-refractivity contribution in [3.63, 3.8) is 0 Å². The zero-order valence-corrected chi connectivity index (χ0v) is 12.0. The Morgan fingerprint density at radius 3 is 2.79 bits per heavy atom. The minimum atomic E-state index is 0.215. The van der Waals surface area contributed by atoms with E-state index in [2.05, 4.69) is 51.9 Å². The molecule has 0 aromatic carbocycles. The Hall–Kier alpha value is -1.62. The van der Waals surface area contributed by atoms with E-state index in [4.69, 9.17) is 0 Å². The van der Waals surface area contributed by atoms with Crippen molar-refractivity contribution in [3.8, 4) is 0 Å². The zero-order chi connectivity index (χ0) is 13.7. The first-order valence-corrected chi connectivity index (χ1v) is 7.06. The van der Waals surface area contributed by atoms with Crippen molar-refractivity contribution in [2.75, 3.05) is 6.54 Å². The van der Waals surface area contributed by atoms with Gasteiger partial charge in [0.2, 0.25) is 0 Å². The van der Waals surface area contributed by atoms with Gasteiger partial charge in [0, 0.05) is 31.1 Å². The topological polar surface area (TPSA) is 58.5 Å². The van der Waals surface area contributed by atoms with Crippen LogP contribution in [0.1, 0.15) is 44.0 Å². The molecule has 0 aliphatic heterocycles. The number of aryl methyl sites for hydroxylation is 2. The predicted molar refractivity (Wildman–Crippen MR) is 76.0 cm³/mol. The van der Waals surface area contributed by atoms with Crippen LogP contribution < -0.4 is 5.32 Å². The Bertz CT molecular complexity index is 486. The molecule has 0 aliphatic carbocycles. The molecule has 0 fully saturated rings. The van der Waals surface area contributed by atoms with Crippen LogP contribution in [0.25, 0.3) is 0 Å². The number of aromatic nitrogens is 4. The summed E-state index contributed by atoms with van der Waals surface area (Å²) < 4.78 is 2.09. The van der Waals surface area contributed by atoms with Gasteiger partial charge in [0.05, 0.1) is 11.7 Å². The molecule has 2 rings (SSSR count). The van der Waals surface area contributed by atoms with Crippen LogP contribution in [0, 0.1) is 0 Å². The summed E-state index contributed by atoms with van der Waals surface area (Å²) in [5, 5.41) is 8.08. The van der Waals surface area contributed by atoms with E-state index in [1.807, 2.05) is 6.20 Å². The summed E-state index contributed by atoms with van der Waals surface area (Å²) in [6.45, 7) is 8.22. The summed E-state index contributed by atoms with van der Waals surface area (Å²) in [7, 11) is 0. The molecule has 0 amide bonds. The number of likely N-dealkylation sites (N-methyl/N-ethyl adjacent to an activating group) is 1. The number of nitrogens with one attached hydrogen (secondary N) is 2. The van der Waals surface area contributed by atoms with Gasteiger partial charge in [0.1, 0.15) is 5.82 Å². The van der Waals surface area contributed by atoms with E-state index in [1.165, 1.54) is 5.69 Å². The van der Waals surface area contributed by atoms with E-state index in [-0.39, 0.29) is 6.04 Å². The van der Waals surface area contributed by atoms with E-state index >= 15 is 0 Å². The summed E-state index contributed by atoms with van der Waals surface area (Å²) in [4.78, 5) is 7.56. The van der Waals surface area contributed by atoms with Crippen LogP contribution in [-0.4, -0.2) is 26.3 Å².